The first-order valence-corrected chi connectivity index (χ1v) is 7.30. The molecular weight excluding hydrogens is 264 g/mol. The number of rotatable bonds is 5. The molecule has 0 spiro atoms. The largest absolute Gasteiger partial charge is 0.490 e. The van der Waals surface area contributed by atoms with Crippen LogP contribution in [0, 0.1) is 0 Å². The van der Waals surface area contributed by atoms with E-state index in [9.17, 15) is 0 Å². The minimum absolute atomic E-state index is 0.169. The Labute approximate surface area is 124 Å². The monoisotopic (exact) mass is 284 g/mol. The molecule has 0 radical (unpaired) electrons. The summed E-state index contributed by atoms with van der Waals surface area (Å²) in [6.45, 7) is 7.69. The Hall–Kier alpha value is -2.30. The number of fused-ring (bicyclic) bond motifs is 1. The van der Waals surface area contributed by atoms with Crippen LogP contribution >= 0.6 is 0 Å². The van der Waals surface area contributed by atoms with Crippen molar-refractivity contribution in [2.75, 3.05) is 0 Å². The van der Waals surface area contributed by atoms with Gasteiger partial charge in [-0.2, -0.15) is 5.10 Å². The highest BCUT2D eigenvalue weighted by Gasteiger charge is 2.10. The van der Waals surface area contributed by atoms with Gasteiger partial charge in [0.2, 0.25) is 0 Å². The maximum Gasteiger partial charge on any atom is 0.146 e. The van der Waals surface area contributed by atoms with Gasteiger partial charge in [-0.25, -0.2) is 9.67 Å². The number of ether oxygens (including phenoxy) is 1. The smallest absolute Gasteiger partial charge is 0.146 e. The van der Waals surface area contributed by atoms with E-state index in [0.29, 0.717) is 6.54 Å². The highest BCUT2D eigenvalue weighted by molar-refractivity contribution is 5.86. The van der Waals surface area contributed by atoms with Gasteiger partial charge in [-0.3, -0.25) is 0 Å². The minimum Gasteiger partial charge on any atom is -0.490 e. The van der Waals surface area contributed by atoms with Gasteiger partial charge in [0.15, 0.2) is 0 Å². The van der Waals surface area contributed by atoms with Crippen LogP contribution in [0.15, 0.2) is 36.8 Å². The number of nitrogens with zero attached hydrogens (tertiary/aromatic N) is 4. The van der Waals surface area contributed by atoms with Gasteiger partial charge in [0.1, 0.15) is 17.9 Å². The fraction of sp³-hybridized carbons (Fsp3) is 0.375. The Morgan fingerprint density at radius 2 is 2.10 bits per heavy atom. The first-order valence-electron chi connectivity index (χ1n) is 7.30. The first kappa shape index (κ1) is 13.7. The van der Waals surface area contributed by atoms with Gasteiger partial charge < -0.3 is 9.30 Å². The average molecular weight is 284 g/mol. The third-order valence-corrected chi connectivity index (χ3v) is 3.44. The highest BCUT2D eigenvalue weighted by atomic mass is 16.5. The predicted molar refractivity (Wildman–Crippen MR) is 82.5 cm³/mol. The lowest BCUT2D eigenvalue weighted by atomic mass is 10.2. The molecular formula is C16H20N4O. The molecule has 0 unspecified atom stereocenters. The molecule has 5 heteroatoms. The molecule has 1 aromatic carbocycles. The van der Waals surface area contributed by atoms with E-state index < -0.39 is 0 Å². The van der Waals surface area contributed by atoms with E-state index in [1.54, 1.807) is 6.33 Å². The molecule has 3 rings (SSSR count). The second kappa shape index (κ2) is 5.60. The van der Waals surface area contributed by atoms with Gasteiger partial charge in [0.05, 0.1) is 18.2 Å². The molecule has 0 bridgehead atoms. The molecule has 0 atom stereocenters. The van der Waals surface area contributed by atoms with E-state index in [1.807, 2.05) is 30.7 Å². The van der Waals surface area contributed by atoms with E-state index >= 15 is 0 Å². The zero-order valence-electron chi connectivity index (χ0n) is 12.7. The number of aryl methyl sites for hydroxylation is 1. The summed E-state index contributed by atoms with van der Waals surface area (Å²) in [4.78, 5) is 4.34. The Bertz CT molecular complexity index is 742. The topological polar surface area (TPSA) is 44.9 Å². The average Bonchev–Trinajstić information content (AvgIpc) is 3.06. The van der Waals surface area contributed by atoms with Crippen LogP contribution in [0.2, 0.25) is 0 Å². The quantitative estimate of drug-likeness (QED) is 0.723. The van der Waals surface area contributed by atoms with Crippen molar-refractivity contribution < 1.29 is 4.74 Å². The molecule has 0 fully saturated rings. The van der Waals surface area contributed by atoms with Gasteiger partial charge in [-0.15, -0.1) is 0 Å². The summed E-state index contributed by atoms with van der Waals surface area (Å²) in [5.41, 5.74) is 1.15. The maximum absolute atomic E-state index is 5.87. The van der Waals surface area contributed by atoms with Crippen LogP contribution < -0.4 is 4.74 Å². The second-order valence-electron chi connectivity index (χ2n) is 5.29. The Balaban J connectivity index is 1.97. The lowest BCUT2D eigenvalue weighted by Crippen LogP contribution is -2.08. The normalized spacial score (nSPS) is 11.4. The third-order valence-electron chi connectivity index (χ3n) is 3.44. The molecule has 0 aliphatic rings. The Morgan fingerprint density at radius 3 is 2.86 bits per heavy atom. The summed E-state index contributed by atoms with van der Waals surface area (Å²) >= 11 is 0. The van der Waals surface area contributed by atoms with E-state index in [0.717, 1.165) is 29.0 Å². The first-order chi connectivity index (χ1) is 10.2. The molecule has 3 aromatic rings. The van der Waals surface area contributed by atoms with E-state index in [2.05, 4.69) is 39.9 Å². The minimum atomic E-state index is 0.169. The molecule has 5 nitrogen and oxygen atoms in total. The van der Waals surface area contributed by atoms with Crippen molar-refractivity contribution in [1.29, 1.82) is 0 Å². The van der Waals surface area contributed by atoms with E-state index in [-0.39, 0.29) is 6.10 Å². The third kappa shape index (κ3) is 2.63. The molecule has 0 aliphatic heterocycles. The van der Waals surface area contributed by atoms with Crippen molar-refractivity contribution in [1.82, 2.24) is 19.3 Å². The van der Waals surface area contributed by atoms with Gasteiger partial charge in [-0.1, -0.05) is 6.07 Å². The molecule has 110 valence electrons. The van der Waals surface area contributed by atoms with Crippen molar-refractivity contribution in [3.63, 3.8) is 0 Å². The maximum atomic E-state index is 5.87. The van der Waals surface area contributed by atoms with Crippen molar-refractivity contribution in [3.8, 4) is 5.75 Å². The molecule has 2 aromatic heterocycles. The van der Waals surface area contributed by atoms with Crippen LogP contribution in [0.3, 0.4) is 0 Å². The van der Waals surface area contributed by atoms with Gasteiger partial charge in [0, 0.05) is 18.1 Å². The lowest BCUT2D eigenvalue weighted by Gasteiger charge is -2.11. The summed E-state index contributed by atoms with van der Waals surface area (Å²) in [7, 11) is 0. The van der Waals surface area contributed by atoms with Gasteiger partial charge in [-0.05, 0) is 39.0 Å². The van der Waals surface area contributed by atoms with Gasteiger partial charge >= 0.3 is 0 Å². The Kier molecular flexibility index (Phi) is 3.64. The van der Waals surface area contributed by atoms with Crippen molar-refractivity contribution in [3.05, 3.63) is 42.6 Å². The van der Waals surface area contributed by atoms with Crippen LogP contribution in [0.1, 0.15) is 26.6 Å². The number of hydrogen-bond donors (Lipinski definition) is 0. The summed E-state index contributed by atoms with van der Waals surface area (Å²) < 4.78 is 9.97. The van der Waals surface area contributed by atoms with Crippen LogP contribution in [0.4, 0.5) is 0 Å². The zero-order valence-corrected chi connectivity index (χ0v) is 12.7. The summed E-state index contributed by atoms with van der Waals surface area (Å²) in [5.74, 6) is 1.89. The SMILES string of the molecule is CCn1ncnc1Cn1ccc2c(OC(C)C)cccc21. The number of aromatic nitrogens is 4. The van der Waals surface area contributed by atoms with E-state index in [4.69, 9.17) is 4.74 Å². The number of hydrogen-bond acceptors (Lipinski definition) is 3. The summed E-state index contributed by atoms with van der Waals surface area (Å²) in [5, 5.41) is 5.35. The zero-order chi connectivity index (χ0) is 14.8. The fourth-order valence-corrected chi connectivity index (χ4v) is 2.52. The summed E-state index contributed by atoms with van der Waals surface area (Å²) in [6.07, 6.45) is 3.85. The highest BCUT2D eigenvalue weighted by Crippen LogP contribution is 2.27. The van der Waals surface area contributed by atoms with E-state index in [1.165, 1.54) is 0 Å². The lowest BCUT2D eigenvalue weighted by molar-refractivity contribution is 0.245. The molecule has 0 N–H and O–H groups in total. The fourth-order valence-electron chi connectivity index (χ4n) is 2.52. The van der Waals surface area contributed by atoms with Crippen molar-refractivity contribution in [2.45, 2.75) is 40.0 Å². The molecule has 0 saturated heterocycles. The molecule has 0 aliphatic carbocycles. The van der Waals surface area contributed by atoms with Crippen LogP contribution in [0.5, 0.6) is 5.75 Å². The van der Waals surface area contributed by atoms with Crippen LogP contribution in [-0.2, 0) is 13.1 Å². The second-order valence-corrected chi connectivity index (χ2v) is 5.29. The summed E-state index contributed by atoms with van der Waals surface area (Å²) in [6, 6.07) is 8.25. The van der Waals surface area contributed by atoms with Crippen molar-refractivity contribution >= 4 is 10.9 Å². The molecule has 0 saturated carbocycles. The number of benzene rings is 1. The standard InChI is InChI=1S/C16H20N4O/c1-4-20-16(17-11-18-20)10-19-9-8-13-14(19)6-5-7-15(13)21-12(2)3/h5-9,11-12H,4,10H2,1-3H3. The molecule has 21 heavy (non-hydrogen) atoms. The van der Waals surface area contributed by atoms with Crippen LogP contribution in [0.25, 0.3) is 10.9 Å². The predicted octanol–water partition coefficient (Wildman–Crippen LogP) is 3.09. The van der Waals surface area contributed by atoms with Crippen molar-refractivity contribution in [2.24, 2.45) is 0 Å². The van der Waals surface area contributed by atoms with Crippen LogP contribution in [-0.4, -0.2) is 25.4 Å². The molecule has 0 amide bonds. The van der Waals surface area contributed by atoms with Gasteiger partial charge in [0.25, 0.3) is 0 Å². The Morgan fingerprint density at radius 1 is 1.24 bits per heavy atom. The molecule has 2 heterocycles.